The van der Waals surface area contributed by atoms with E-state index < -0.39 is 0 Å². The van der Waals surface area contributed by atoms with Crippen LogP contribution in [0.3, 0.4) is 0 Å². The average Bonchev–Trinajstić information content (AvgIpc) is 2.53. The lowest BCUT2D eigenvalue weighted by atomic mass is 9.52. The van der Waals surface area contributed by atoms with Crippen LogP contribution in [0.1, 0.15) is 54.4 Å². The molecule has 0 aromatic rings. The maximum atomic E-state index is 3.56. The average molecular weight is 223 g/mol. The van der Waals surface area contributed by atoms with Crippen LogP contribution in [0, 0.1) is 28.1 Å². The molecule has 2 aliphatic rings. The zero-order valence-corrected chi connectivity index (χ0v) is 12.0. The predicted molar refractivity (Wildman–Crippen MR) is 70.4 cm³/mol. The highest BCUT2D eigenvalue weighted by atomic mass is 14.9. The van der Waals surface area contributed by atoms with Gasteiger partial charge in [0.2, 0.25) is 0 Å². The topological polar surface area (TPSA) is 12.0 Å². The van der Waals surface area contributed by atoms with Gasteiger partial charge in [0.1, 0.15) is 0 Å². The zero-order valence-electron chi connectivity index (χ0n) is 12.0. The Morgan fingerprint density at radius 1 is 0.812 bits per heavy atom. The molecule has 1 heteroatoms. The number of hydrogen-bond acceptors (Lipinski definition) is 1. The molecule has 0 aromatic carbocycles. The SMILES string of the molecule is CC(C)(C)C1(C(C)(C)C)CC2CNCC2C1. The standard InChI is InChI=1S/C15H29N/c1-13(2,3)15(14(4,5)6)7-11-9-16-10-12(11)8-15/h11-12,16H,7-10H2,1-6H3. The fraction of sp³-hybridized carbons (Fsp3) is 1.00. The first-order valence-electron chi connectivity index (χ1n) is 6.88. The Kier molecular flexibility index (Phi) is 2.70. The molecule has 1 aliphatic carbocycles. The Labute approximate surface area is 101 Å². The third kappa shape index (κ3) is 1.63. The van der Waals surface area contributed by atoms with Crippen molar-refractivity contribution in [3.63, 3.8) is 0 Å². The summed E-state index contributed by atoms with van der Waals surface area (Å²) in [6, 6.07) is 0. The van der Waals surface area contributed by atoms with Gasteiger partial charge in [-0.3, -0.25) is 0 Å². The predicted octanol–water partition coefficient (Wildman–Crippen LogP) is 3.69. The lowest BCUT2D eigenvalue weighted by Gasteiger charge is -2.52. The Morgan fingerprint density at radius 2 is 1.19 bits per heavy atom. The normalized spacial score (nSPS) is 34.1. The van der Waals surface area contributed by atoms with Crippen molar-refractivity contribution >= 4 is 0 Å². The third-order valence-corrected chi connectivity index (χ3v) is 5.57. The Bertz CT molecular complexity index is 238. The highest BCUT2D eigenvalue weighted by Gasteiger charge is 2.57. The Hall–Kier alpha value is -0.0400. The van der Waals surface area contributed by atoms with Crippen LogP contribution in [0.5, 0.6) is 0 Å². The summed E-state index contributed by atoms with van der Waals surface area (Å²) in [4.78, 5) is 0. The molecule has 1 saturated heterocycles. The van der Waals surface area contributed by atoms with Gasteiger partial charge in [-0.1, -0.05) is 41.5 Å². The van der Waals surface area contributed by atoms with E-state index in [9.17, 15) is 0 Å². The summed E-state index contributed by atoms with van der Waals surface area (Å²) in [6.07, 6.45) is 2.86. The van der Waals surface area contributed by atoms with Crippen molar-refractivity contribution in [3.8, 4) is 0 Å². The molecule has 94 valence electrons. The van der Waals surface area contributed by atoms with E-state index in [0.717, 1.165) is 11.8 Å². The molecular weight excluding hydrogens is 194 g/mol. The minimum Gasteiger partial charge on any atom is -0.316 e. The van der Waals surface area contributed by atoms with Gasteiger partial charge in [0.05, 0.1) is 0 Å². The van der Waals surface area contributed by atoms with Gasteiger partial charge < -0.3 is 5.32 Å². The molecule has 16 heavy (non-hydrogen) atoms. The third-order valence-electron chi connectivity index (χ3n) is 5.57. The zero-order chi connectivity index (χ0) is 12.2. The van der Waals surface area contributed by atoms with Crippen molar-refractivity contribution < 1.29 is 0 Å². The molecule has 0 bridgehead atoms. The van der Waals surface area contributed by atoms with Crippen molar-refractivity contribution in [2.45, 2.75) is 54.4 Å². The second-order valence-electron chi connectivity index (χ2n) is 8.17. The van der Waals surface area contributed by atoms with Crippen molar-refractivity contribution in [2.75, 3.05) is 13.1 Å². The first-order valence-corrected chi connectivity index (χ1v) is 6.88. The molecule has 1 heterocycles. The molecule has 0 aromatic heterocycles. The van der Waals surface area contributed by atoms with Crippen LogP contribution in [0.2, 0.25) is 0 Å². The fourth-order valence-electron chi connectivity index (χ4n) is 4.59. The van der Waals surface area contributed by atoms with Gasteiger partial charge in [-0.15, -0.1) is 0 Å². The van der Waals surface area contributed by atoms with Crippen LogP contribution in [0.15, 0.2) is 0 Å². The molecule has 1 saturated carbocycles. The second kappa shape index (κ2) is 3.48. The quantitative estimate of drug-likeness (QED) is 0.660. The van der Waals surface area contributed by atoms with Gasteiger partial charge in [0.15, 0.2) is 0 Å². The maximum Gasteiger partial charge on any atom is -0.00171 e. The summed E-state index contributed by atoms with van der Waals surface area (Å²) in [6.45, 7) is 17.2. The first kappa shape index (κ1) is 12.4. The highest BCUT2D eigenvalue weighted by Crippen LogP contribution is 2.64. The Balaban J connectivity index is 2.32. The smallest absolute Gasteiger partial charge is 0.00171 e. The van der Waals surface area contributed by atoms with E-state index in [4.69, 9.17) is 0 Å². The lowest BCUT2D eigenvalue weighted by Crippen LogP contribution is -2.45. The molecule has 2 fully saturated rings. The first-order chi connectivity index (χ1) is 7.17. The van der Waals surface area contributed by atoms with Gasteiger partial charge in [0, 0.05) is 0 Å². The van der Waals surface area contributed by atoms with Gasteiger partial charge in [-0.25, -0.2) is 0 Å². The molecule has 1 nitrogen and oxygen atoms in total. The van der Waals surface area contributed by atoms with Crippen LogP contribution in [0.25, 0.3) is 0 Å². The van der Waals surface area contributed by atoms with Crippen LogP contribution in [-0.4, -0.2) is 13.1 Å². The van der Waals surface area contributed by atoms with Crippen molar-refractivity contribution in [2.24, 2.45) is 28.1 Å². The van der Waals surface area contributed by atoms with E-state index in [1.807, 2.05) is 0 Å². The summed E-state index contributed by atoms with van der Waals surface area (Å²) in [7, 11) is 0. The Morgan fingerprint density at radius 3 is 1.50 bits per heavy atom. The summed E-state index contributed by atoms with van der Waals surface area (Å²) >= 11 is 0. The van der Waals surface area contributed by atoms with Crippen LogP contribution in [-0.2, 0) is 0 Å². The van der Waals surface area contributed by atoms with Crippen LogP contribution in [0.4, 0.5) is 0 Å². The number of rotatable bonds is 0. The molecule has 1 N–H and O–H groups in total. The second-order valence-corrected chi connectivity index (χ2v) is 8.17. The fourth-order valence-corrected chi connectivity index (χ4v) is 4.59. The summed E-state index contributed by atoms with van der Waals surface area (Å²) in [5.41, 5.74) is 1.38. The summed E-state index contributed by atoms with van der Waals surface area (Å²) < 4.78 is 0. The molecule has 0 amide bonds. The van der Waals surface area contributed by atoms with E-state index in [2.05, 4.69) is 46.9 Å². The van der Waals surface area contributed by atoms with Gasteiger partial charge in [-0.05, 0) is 54.0 Å². The summed E-state index contributed by atoms with van der Waals surface area (Å²) in [5.74, 6) is 1.89. The molecule has 2 unspecified atom stereocenters. The van der Waals surface area contributed by atoms with E-state index in [1.165, 1.54) is 25.9 Å². The largest absolute Gasteiger partial charge is 0.316 e. The minimum atomic E-state index is 0.426. The van der Waals surface area contributed by atoms with E-state index in [0.29, 0.717) is 16.2 Å². The van der Waals surface area contributed by atoms with Crippen molar-refractivity contribution in [1.82, 2.24) is 5.32 Å². The summed E-state index contributed by atoms with van der Waals surface area (Å²) in [5, 5.41) is 3.56. The molecule has 2 atom stereocenters. The molecular formula is C15H29N. The molecule has 0 spiro atoms. The van der Waals surface area contributed by atoms with E-state index in [1.54, 1.807) is 0 Å². The van der Waals surface area contributed by atoms with E-state index in [-0.39, 0.29) is 0 Å². The maximum absolute atomic E-state index is 3.56. The van der Waals surface area contributed by atoms with Gasteiger partial charge in [-0.2, -0.15) is 0 Å². The molecule has 0 radical (unpaired) electrons. The van der Waals surface area contributed by atoms with Crippen LogP contribution >= 0.6 is 0 Å². The van der Waals surface area contributed by atoms with Gasteiger partial charge in [0.25, 0.3) is 0 Å². The lowest BCUT2D eigenvalue weighted by molar-refractivity contribution is -0.0326. The van der Waals surface area contributed by atoms with Crippen molar-refractivity contribution in [1.29, 1.82) is 0 Å². The molecule has 2 rings (SSSR count). The number of fused-ring (bicyclic) bond motifs is 1. The number of nitrogens with one attached hydrogen (secondary N) is 1. The molecule has 1 aliphatic heterocycles. The van der Waals surface area contributed by atoms with Crippen molar-refractivity contribution in [3.05, 3.63) is 0 Å². The highest BCUT2D eigenvalue weighted by molar-refractivity contribution is 5.08. The van der Waals surface area contributed by atoms with Gasteiger partial charge >= 0.3 is 0 Å². The minimum absolute atomic E-state index is 0.426. The van der Waals surface area contributed by atoms with Crippen LogP contribution < -0.4 is 5.32 Å². The monoisotopic (exact) mass is 223 g/mol. The number of hydrogen-bond donors (Lipinski definition) is 1. The van der Waals surface area contributed by atoms with E-state index >= 15 is 0 Å².